The predicted octanol–water partition coefficient (Wildman–Crippen LogP) is 2.14. The number of hydrogen-bond acceptors (Lipinski definition) is 2. The highest BCUT2D eigenvalue weighted by atomic mass is 16.2. The van der Waals surface area contributed by atoms with E-state index >= 15 is 0 Å². The van der Waals surface area contributed by atoms with Crippen molar-refractivity contribution in [2.45, 2.75) is 18.5 Å². The summed E-state index contributed by atoms with van der Waals surface area (Å²) in [5, 5.41) is 3.86. The van der Waals surface area contributed by atoms with E-state index < -0.39 is 6.04 Å². The molecular formula is C20H17N3O2. The van der Waals surface area contributed by atoms with Crippen molar-refractivity contribution in [3.8, 4) is 0 Å². The molecule has 3 heterocycles. The van der Waals surface area contributed by atoms with E-state index in [1.165, 1.54) is 0 Å². The van der Waals surface area contributed by atoms with Crippen LogP contribution in [0.4, 0.5) is 0 Å². The number of fused-ring (bicyclic) bond motifs is 4. The van der Waals surface area contributed by atoms with E-state index in [9.17, 15) is 9.59 Å². The second-order valence-corrected chi connectivity index (χ2v) is 6.61. The smallest absolute Gasteiger partial charge is 0.243 e. The van der Waals surface area contributed by atoms with Crippen LogP contribution in [0.1, 0.15) is 22.9 Å². The van der Waals surface area contributed by atoms with Gasteiger partial charge >= 0.3 is 0 Å². The van der Waals surface area contributed by atoms with Gasteiger partial charge in [-0.2, -0.15) is 0 Å². The number of piperazine rings is 1. The number of nitrogens with one attached hydrogen (secondary N) is 2. The second-order valence-electron chi connectivity index (χ2n) is 6.61. The van der Waals surface area contributed by atoms with E-state index in [1.54, 1.807) is 4.90 Å². The first kappa shape index (κ1) is 14.3. The highest BCUT2D eigenvalue weighted by molar-refractivity contribution is 5.97. The quantitative estimate of drug-likeness (QED) is 0.717. The van der Waals surface area contributed by atoms with Crippen LogP contribution >= 0.6 is 0 Å². The molecule has 1 saturated heterocycles. The molecule has 1 aromatic heterocycles. The number of H-pyrrole nitrogens is 1. The Morgan fingerprint density at radius 3 is 2.56 bits per heavy atom. The summed E-state index contributed by atoms with van der Waals surface area (Å²) in [6.45, 7) is 0.0637. The molecule has 2 amide bonds. The number of carbonyl (C=O) groups is 2. The molecule has 2 atom stereocenters. The van der Waals surface area contributed by atoms with Crippen molar-refractivity contribution in [2.75, 3.05) is 6.54 Å². The number of nitrogens with zero attached hydrogens (tertiary/aromatic N) is 1. The van der Waals surface area contributed by atoms with Crippen molar-refractivity contribution in [1.82, 2.24) is 15.2 Å². The van der Waals surface area contributed by atoms with Gasteiger partial charge in [0.1, 0.15) is 6.04 Å². The molecule has 2 aliphatic rings. The number of carbonyl (C=O) groups excluding carboxylic acids is 2. The van der Waals surface area contributed by atoms with Crippen molar-refractivity contribution in [3.05, 3.63) is 71.4 Å². The molecule has 0 bridgehead atoms. The first-order chi connectivity index (χ1) is 12.2. The Hall–Kier alpha value is -3.08. The van der Waals surface area contributed by atoms with E-state index in [2.05, 4.69) is 16.4 Å². The van der Waals surface area contributed by atoms with Crippen LogP contribution in [0, 0.1) is 0 Å². The zero-order valence-corrected chi connectivity index (χ0v) is 13.5. The lowest BCUT2D eigenvalue weighted by molar-refractivity contribution is -0.148. The molecule has 0 saturated carbocycles. The number of rotatable bonds is 1. The van der Waals surface area contributed by atoms with Gasteiger partial charge in [-0.3, -0.25) is 9.59 Å². The molecule has 5 nitrogen and oxygen atoms in total. The normalized spacial score (nSPS) is 22.5. The summed E-state index contributed by atoms with van der Waals surface area (Å²) in [5.41, 5.74) is 4.21. The van der Waals surface area contributed by atoms with Gasteiger partial charge in [-0.05, 0) is 17.2 Å². The molecule has 1 fully saturated rings. The zero-order valence-electron chi connectivity index (χ0n) is 13.5. The fraction of sp³-hybridized carbons (Fsp3) is 0.200. The maximum absolute atomic E-state index is 12.7. The Balaban J connectivity index is 1.78. The fourth-order valence-electron chi connectivity index (χ4n) is 4.16. The van der Waals surface area contributed by atoms with Crippen molar-refractivity contribution in [2.24, 2.45) is 0 Å². The van der Waals surface area contributed by atoms with Crippen LogP contribution in [0.15, 0.2) is 54.6 Å². The van der Waals surface area contributed by atoms with Crippen LogP contribution in [0.5, 0.6) is 0 Å². The van der Waals surface area contributed by atoms with Gasteiger partial charge in [0.15, 0.2) is 0 Å². The zero-order chi connectivity index (χ0) is 17.0. The van der Waals surface area contributed by atoms with Crippen molar-refractivity contribution in [1.29, 1.82) is 0 Å². The average molecular weight is 331 g/mol. The lowest BCUT2D eigenvalue weighted by Gasteiger charge is -2.44. The highest BCUT2D eigenvalue weighted by Crippen LogP contribution is 2.41. The molecule has 2 aromatic carbocycles. The third kappa shape index (κ3) is 2.02. The number of aromatic nitrogens is 1. The highest BCUT2D eigenvalue weighted by Gasteiger charge is 2.45. The van der Waals surface area contributed by atoms with Crippen LogP contribution in [0.3, 0.4) is 0 Å². The Bertz CT molecular complexity index is 993. The predicted molar refractivity (Wildman–Crippen MR) is 93.9 cm³/mol. The summed E-state index contributed by atoms with van der Waals surface area (Å²) in [6.07, 6.45) is 0.542. The standard InChI is InChI=1S/C20H17N3O2/c24-17-11-21-20(25)16-10-14-13-8-4-5-9-15(13)22-18(14)19(23(16)17)12-6-2-1-3-7-12/h1-9,16,19,22H,10-11H2,(H,21,25)/t16-,19+/m0/s1. The van der Waals surface area contributed by atoms with Gasteiger partial charge in [-0.25, -0.2) is 0 Å². The van der Waals surface area contributed by atoms with Crippen LogP contribution in [-0.2, 0) is 16.0 Å². The maximum atomic E-state index is 12.7. The summed E-state index contributed by atoms with van der Waals surface area (Å²) in [6, 6.07) is 17.3. The van der Waals surface area contributed by atoms with Gasteiger partial charge in [-0.15, -0.1) is 0 Å². The van der Waals surface area contributed by atoms with E-state index in [0.717, 1.165) is 27.7 Å². The molecule has 3 aromatic rings. The monoisotopic (exact) mass is 331 g/mol. The van der Waals surface area contributed by atoms with Crippen LogP contribution in [0.25, 0.3) is 10.9 Å². The third-order valence-corrected chi connectivity index (χ3v) is 5.25. The van der Waals surface area contributed by atoms with E-state index in [1.807, 2.05) is 48.5 Å². The minimum atomic E-state index is -0.460. The van der Waals surface area contributed by atoms with Crippen LogP contribution < -0.4 is 5.32 Å². The van der Waals surface area contributed by atoms with Gasteiger partial charge in [0.2, 0.25) is 11.8 Å². The summed E-state index contributed by atoms with van der Waals surface area (Å²) in [5.74, 6) is -0.112. The summed E-state index contributed by atoms with van der Waals surface area (Å²) >= 11 is 0. The number of aromatic amines is 1. The minimum Gasteiger partial charge on any atom is -0.356 e. The number of para-hydroxylation sites is 1. The molecule has 0 radical (unpaired) electrons. The maximum Gasteiger partial charge on any atom is 0.243 e. The van der Waals surface area contributed by atoms with Gasteiger partial charge in [0.05, 0.1) is 12.6 Å². The van der Waals surface area contributed by atoms with Gasteiger partial charge in [0, 0.05) is 23.0 Å². The van der Waals surface area contributed by atoms with Gasteiger partial charge in [0.25, 0.3) is 0 Å². The Morgan fingerprint density at radius 2 is 1.72 bits per heavy atom. The Kier molecular flexibility index (Phi) is 2.98. The first-order valence-corrected chi connectivity index (χ1v) is 8.47. The number of amides is 2. The van der Waals surface area contributed by atoms with E-state index in [-0.39, 0.29) is 24.4 Å². The van der Waals surface area contributed by atoms with E-state index in [4.69, 9.17) is 0 Å². The molecule has 2 aliphatic heterocycles. The van der Waals surface area contributed by atoms with E-state index in [0.29, 0.717) is 6.42 Å². The van der Waals surface area contributed by atoms with Gasteiger partial charge in [-0.1, -0.05) is 48.5 Å². The molecule has 5 rings (SSSR count). The molecule has 124 valence electrons. The largest absolute Gasteiger partial charge is 0.356 e. The Labute approximate surface area is 144 Å². The number of benzene rings is 2. The van der Waals surface area contributed by atoms with Crippen molar-refractivity contribution in [3.63, 3.8) is 0 Å². The van der Waals surface area contributed by atoms with Crippen LogP contribution in [0.2, 0.25) is 0 Å². The fourth-order valence-corrected chi connectivity index (χ4v) is 4.16. The van der Waals surface area contributed by atoms with Crippen molar-refractivity contribution >= 4 is 22.7 Å². The van der Waals surface area contributed by atoms with Crippen molar-refractivity contribution < 1.29 is 9.59 Å². The van der Waals surface area contributed by atoms with Crippen LogP contribution in [-0.4, -0.2) is 34.3 Å². The summed E-state index contributed by atoms with van der Waals surface area (Å²) in [4.78, 5) is 30.4. The minimum absolute atomic E-state index is 0.0391. The molecule has 0 spiro atoms. The summed E-state index contributed by atoms with van der Waals surface area (Å²) in [7, 11) is 0. The molecule has 2 N–H and O–H groups in total. The van der Waals surface area contributed by atoms with Gasteiger partial charge < -0.3 is 15.2 Å². The SMILES string of the molecule is O=C1NCC(=O)N2[C@H](c3ccccc3)c3[nH]c4ccccc4c3C[C@@H]12. The average Bonchev–Trinajstić information content (AvgIpc) is 3.02. The second kappa shape index (κ2) is 5.21. The lowest BCUT2D eigenvalue weighted by Crippen LogP contribution is -2.61. The molecule has 0 unspecified atom stereocenters. The third-order valence-electron chi connectivity index (χ3n) is 5.25. The number of hydrogen-bond donors (Lipinski definition) is 2. The first-order valence-electron chi connectivity index (χ1n) is 8.47. The molecule has 25 heavy (non-hydrogen) atoms. The molecular weight excluding hydrogens is 314 g/mol. The molecule has 5 heteroatoms. The Morgan fingerprint density at radius 1 is 0.960 bits per heavy atom. The lowest BCUT2D eigenvalue weighted by atomic mass is 9.86. The molecule has 0 aliphatic carbocycles. The topological polar surface area (TPSA) is 65.2 Å². The summed E-state index contributed by atoms with van der Waals surface area (Å²) < 4.78 is 0.